The predicted molar refractivity (Wildman–Crippen MR) is 201 cm³/mol. The molecular weight excluding hydrogens is 774 g/mol. The molecule has 320 valence electrons. The first-order chi connectivity index (χ1) is 28.4. The molecule has 2 unspecified atom stereocenters. The van der Waals surface area contributed by atoms with Gasteiger partial charge in [-0.1, -0.05) is 19.1 Å². The number of hydrogen-bond donors (Lipinski definition) is 3. The lowest BCUT2D eigenvalue weighted by Crippen LogP contribution is -2.55. The minimum absolute atomic E-state index is 0.0218. The molecule has 2 aromatic carbocycles. The summed E-state index contributed by atoms with van der Waals surface area (Å²) in [4.78, 5) is 56.2. The molecule has 4 heterocycles. The molecule has 59 heavy (non-hydrogen) atoms. The number of methoxy groups -OCH3 is 2. The molecule has 0 radical (unpaired) electrons. The van der Waals surface area contributed by atoms with Crippen LogP contribution in [0.2, 0.25) is 0 Å². The number of ether oxygens (including phenoxy) is 9. The molecule has 10 atom stereocenters. The number of hydrogen-bond acceptors (Lipinski definition) is 17. The molecule has 3 N–H and O–H groups in total. The quantitative estimate of drug-likeness (QED) is 0.211. The van der Waals surface area contributed by atoms with Crippen molar-refractivity contribution >= 4 is 23.1 Å². The van der Waals surface area contributed by atoms with Gasteiger partial charge in [0.2, 0.25) is 5.78 Å². The van der Waals surface area contributed by atoms with Crippen LogP contribution < -0.4 is 4.74 Å². The fourth-order valence-corrected chi connectivity index (χ4v) is 9.36. The first kappa shape index (κ1) is 41.8. The minimum atomic E-state index is -2.24. The average Bonchev–Trinajstić information content (AvgIpc) is 3.62. The highest BCUT2D eigenvalue weighted by Gasteiger charge is 2.55. The van der Waals surface area contributed by atoms with E-state index in [0.717, 1.165) is 0 Å². The molecule has 17 heteroatoms. The number of carbonyl (C=O) groups is 4. The zero-order chi connectivity index (χ0) is 41.7. The van der Waals surface area contributed by atoms with Crippen LogP contribution in [0.15, 0.2) is 18.2 Å². The summed E-state index contributed by atoms with van der Waals surface area (Å²) in [5.41, 5.74) is -3.42. The largest absolute Gasteiger partial charge is 0.507 e. The number of aliphatic hydroxyl groups is 1. The van der Waals surface area contributed by atoms with E-state index >= 15 is 0 Å². The summed E-state index contributed by atoms with van der Waals surface area (Å²) in [5.74, 6) is -3.46. The second kappa shape index (κ2) is 16.9. The van der Waals surface area contributed by atoms with E-state index in [-0.39, 0.29) is 71.7 Å². The van der Waals surface area contributed by atoms with Crippen molar-refractivity contribution in [3.63, 3.8) is 0 Å². The first-order valence-electron chi connectivity index (χ1n) is 20.2. The summed E-state index contributed by atoms with van der Waals surface area (Å²) in [6.07, 6.45) is -3.84. The van der Waals surface area contributed by atoms with Crippen LogP contribution in [0, 0.1) is 0 Å². The van der Waals surface area contributed by atoms with Crippen LogP contribution in [0.1, 0.15) is 101 Å². The number of phenolic OH excluding ortho intramolecular Hbond substituents is 2. The van der Waals surface area contributed by atoms with Crippen LogP contribution in [-0.4, -0.2) is 146 Å². The molecule has 0 spiro atoms. The highest BCUT2D eigenvalue weighted by molar-refractivity contribution is 6.31. The van der Waals surface area contributed by atoms with Crippen LogP contribution in [0.4, 0.5) is 0 Å². The van der Waals surface area contributed by atoms with Crippen molar-refractivity contribution in [2.24, 2.45) is 0 Å². The molecule has 17 nitrogen and oxygen atoms in total. The maximum absolute atomic E-state index is 14.2. The van der Waals surface area contributed by atoms with E-state index in [9.17, 15) is 34.5 Å². The Labute approximate surface area is 340 Å². The number of benzene rings is 2. The summed E-state index contributed by atoms with van der Waals surface area (Å²) < 4.78 is 53.4. The van der Waals surface area contributed by atoms with E-state index in [1.807, 2.05) is 6.92 Å². The van der Waals surface area contributed by atoms with Crippen molar-refractivity contribution in [2.45, 2.75) is 120 Å². The topological polar surface area (TPSA) is 215 Å². The van der Waals surface area contributed by atoms with Gasteiger partial charge in [-0.3, -0.25) is 24.1 Å². The van der Waals surface area contributed by atoms with Gasteiger partial charge in [0.1, 0.15) is 42.2 Å². The minimum Gasteiger partial charge on any atom is -0.507 e. The van der Waals surface area contributed by atoms with Gasteiger partial charge in [-0.2, -0.15) is 0 Å². The Morgan fingerprint density at radius 2 is 1.78 bits per heavy atom. The Morgan fingerprint density at radius 3 is 2.54 bits per heavy atom. The highest BCUT2D eigenvalue weighted by Crippen LogP contribution is 2.53. The molecule has 4 saturated heterocycles. The van der Waals surface area contributed by atoms with Gasteiger partial charge < -0.3 is 58.0 Å². The molecule has 0 bridgehead atoms. The highest BCUT2D eigenvalue weighted by atomic mass is 16.7. The number of phenols is 2. The molecule has 0 aromatic heterocycles. The van der Waals surface area contributed by atoms with Crippen LogP contribution in [0.5, 0.6) is 17.2 Å². The fourth-order valence-electron chi connectivity index (χ4n) is 9.36. The van der Waals surface area contributed by atoms with Crippen LogP contribution in [-0.2, 0) is 53.9 Å². The van der Waals surface area contributed by atoms with E-state index in [1.54, 1.807) is 14.0 Å². The second-order valence-electron chi connectivity index (χ2n) is 16.0. The van der Waals surface area contributed by atoms with Crippen molar-refractivity contribution < 1.29 is 77.1 Å². The molecule has 4 fully saturated rings. The Hall–Kier alpha value is -3.88. The van der Waals surface area contributed by atoms with Crippen molar-refractivity contribution in [3.8, 4) is 17.2 Å². The molecule has 2 aliphatic carbocycles. The van der Waals surface area contributed by atoms with Crippen LogP contribution in [0.25, 0.3) is 0 Å². The second-order valence-corrected chi connectivity index (χ2v) is 16.0. The summed E-state index contributed by atoms with van der Waals surface area (Å²) in [6.45, 7) is 4.15. The van der Waals surface area contributed by atoms with Gasteiger partial charge in [0.05, 0.1) is 55.3 Å². The number of aromatic hydroxyl groups is 2. The Kier molecular flexibility index (Phi) is 12.0. The van der Waals surface area contributed by atoms with Crippen molar-refractivity contribution in [1.82, 2.24) is 4.90 Å². The van der Waals surface area contributed by atoms with Gasteiger partial charge in [-0.05, 0) is 32.3 Å². The van der Waals surface area contributed by atoms with Gasteiger partial charge in [0.25, 0.3) is 0 Å². The number of rotatable bonds is 13. The van der Waals surface area contributed by atoms with Crippen molar-refractivity contribution in [2.75, 3.05) is 47.2 Å². The number of fused-ring (bicyclic) bond motifs is 6. The SMILES string of the molecule is CCC(=O)COCC1CCCC(OCC(=O)[C@]2(O)Cc3c(O)c4c(c(O)c3[C@@H](O[C@H]3C[C@H]5[C@H](O[C@@H]6[C@@H](OC)OCCN65)[C@H](C)O3)C2)C(=O)c2c(OC)cccc2C4=O)O1. The Balaban J connectivity index is 1.09. The summed E-state index contributed by atoms with van der Waals surface area (Å²) >= 11 is 0. The van der Waals surface area contributed by atoms with Gasteiger partial charge in [-0.25, -0.2) is 0 Å². The van der Waals surface area contributed by atoms with Crippen LogP contribution in [0.3, 0.4) is 0 Å². The van der Waals surface area contributed by atoms with E-state index in [4.69, 9.17) is 42.6 Å². The fraction of sp³-hybridized carbons (Fsp3) is 0.619. The molecule has 0 saturated carbocycles. The van der Waals surface area contributed by atoms with Gasteiger partial charge in [0, 0.05) is 62.1 Å². The van der Waals surface area contributed by atoms with E-state index in [1.165, 1.54) is 25.3 Å². The third-order valence-electron chi connectivity index (χ3n) is 12.4. The lowest BCUT2D eigenvalue weighted by molar-refractivity contribution is -0.256. The number of Topliss-reactive ketones (excluding diaryl/α,β-unsaturated/α-hetero) is 2. The number of carbonyl (C=O) groups excluding carboxylic acids is 4. The van der Waals surface area contributed by atoms with Crippen molar-refractivity contribution in [3.05, 3.63) is 51.6 Å². The lowest BCUT2D eigenvalue weighted by atomic mass is 9.72. The normalized spacial score (nSPS) is 32.7. The standard InChI is InChI=1S/C42H51NO16/c1-5-21(44)17-53-18-22-8-6-11-29(57-22)55-19-28(45)42(50)15-24-32(38(49)34-33(36(24)47)35(46)23-9-7-10-26(51-3)31(23)37(34)48)27(16-42)58-30-14-25-39(20(2)56-30)59-40-41(52-4)54-13-12-43(25)40/h7,9-10,20,22,25,27,29-30,39-41,47,49-50H,5-6,8,11-19H2,1-4H3/t20-,22?,25-,27-,29?,30-,39+,40+,41-,42-/m0/s1. The Morgan fingerprint density at radius 1 is 0.983 bits per heavy atom. The smallest absolute Gasteiger partial charge is 0.202 e. The zero-order valence-electron chi connectivity index (χ0n) is 33.5. The molecule has 2 aromatic rings. The third-order valence-corrected chi connectivity index (χ3v) is 12.4. The molecule has 6 aliphatic rings. The van der Waals surface area contributed by atoms with Gasteiger partial charge in [0.15, 0.2) is 42.4 Å². The average molecular weight is 826 g/mol. The number of ketones is 4. The number of nitrogens with zero attached hydrogens (tertiary/aromatic N) is 1. The summed E-state index contributed by atoms with van der Waals surface area (Å²) in [7, 11) is 2.89. The third kappa shape index (κ3) is 7.60. The van der Waals surface area contributed by atoms with Crippen LogP contribution >= 0.6 is 0 Å². The number of morpholine rings is 1. The molecule has 0 amide bonds. The zero-order valence-corrected chi connectivity index (χ0v) is 33.5. The molecule has 4 aliphatic heterocycles. The monoisotopic (exact) mass is 825 g/mol. The Bertz CT molecular complexity index is 1990. The van der Waals surface area contributed by atoms with Gasteiger partial charge in [-0.15, -0.1) is 0 Å². The van der Waals surface area contributed by atoms with Crippen molar-refractivity contribution in [1.29, 1.82) is 0 Å². The van der Waals surface area contributed by atoms with E-state index < -0.39 is 102 Å². The lowest BCUT2D eigenvalue weighted by Gasteiger charge is -2.43. The summed E-state index contributed by atoms with van der Waals surface area (Å²) in [5, 5.41) is 36.3. The van der Waals surface area contributed by atoms with Gasteiger partial charge >= 0.3 is 0 Å². The predicted octanol–water partition coefficient (Wildman–Crippen LogP) is 2.63. The molecule has 8 rings (SSSR count). The summed E-state index contributed by atoms with van der Waals surface area (Å²) in [6, 6.07) is 4.27. The first-order valence-corrected chi connectivity index (χ1v) is 20.2. The maximum atomic E-state index is 14.2. The van der Waals surface area contributed by atoms with E-state index in [0.29, 0.717) is 38.8 Å². The van der Waals surface area contributed by atoms with E-state index in [2.05, 4.69) is 4.90 Å². The molecular formula is C42H51NO16. The maximum Gasteiger partial charge on any atom is 0.202 e.